The van der Waals surface area contributed by atoms with Gasteiger partial charge in [-0.1, -0.05) is 46.3 Å². The summed E-state index contributed by atoms with van der Waals surface area (Å²) >= 11 is 3.17. The maximum absolute atomic E-state index is 13.4. The molecule has 6 heteroatoms. The summed E-state index contributed by atoms with van der Waals surface area (Å²) in [5.41, 5.74) is 2.18. The van der Waals surface area contributed by atoms with Crippen LogP contribution in [0.4, 0.5) is 10.1 Å². The molecule has 0 saturated carbocycles. The molecule has 0 bridgehead atoms. The Morgan fingerprint density at radius 3 is 2.37 bits per heavy atom. The minimum atomic E-state index is -0.492. The molecule has 136 valence electrons. The Labute approximate surface area is 164 Å². The minimum absolute atomic E-state index is 0.222. The Morgan fingerprint density at radius 2 is 1.63 bits per heavy atom. The number of rotatable bonds is 5. The van der Waals surface area contributed by atoms with Crippen molar-refractivity contribution in [3.05, 3.63) is 99.8 Å². The van der Waals surface area contributed by atoms with Crippen molar-refractivity contribution < 1.29 is 14.0 Å². The van der Waals surface area contributed by atoms with E-state index in [0.29, 0.717) is 15.7 Å². The average molecular weight is 427 g/mol. The molecular formula is C21H16BrFN2O2. The van der Waals surface area contributed by atoms with Gasteiger partial charge < -0.3 is 10.6 Å². The molecule has 4 nitrogen and oxygen atoms in total. The first-order valence-corrected chi connectivity index (χ1v) is 9.00. The standard InChI is InChI=1S/C21H16BrFN2O2/c22-17-10-16(11-18(23)12-17)20(26)24-13-14-5-4-6-15(9-14)21(27)25-19-7-2-1-3-8-19/h1-12H,13H2,(H,24,26)(H,25,27). The van der Waals surface area contributed by atoms with E-state index in [1.54, 1.807) is 42.5 Å². The third-order valence-electron chi connectivity index (χ3n) is 3.80. The zero-order valence-electron chi connectivity index (χ0n) is 14.2. The first kappa shape index (κ1) is 18.8. The van der Waals surface area contributed by atoms with E-state index in [1.807, 2.05) is 18.2 Å². The Bertz CT molecular complexity index is 957. The van der Waals surface area contributed by atoms with Crippen LogP contribution < -0.4 is 10.6 Å². The lowest BCUT2D eigenvalue weighted by Crippen LogP contribution is -2.23. The van der Waals surface area contributed by atoms with Crippen LogP contribution in [-0.4, -0.2) is 11.8 Å². The van der Waals surface area contributed by atoms with Gasteiger partial charge in [0.15, 0.2) is 0 Å². The Morgan fingerprint density at radius 1 is 0.852 bits per heavy atom. The minimum Gasteiger partial charge on any atom is -0.348 e. The molecule has 3 rings (SSSR count). The predicted molar refractivity (Wildman–Crippen MR) is 106 cm³/mol. The number of halogens is 2. The lowest BCUT2D eigenvalue weighted by atomic mass is 10.1. The van der Waals surface area contributed by atoms with Gasteiger partial charge in [0.1, 0.15) is 5.82 Å². The van der Waals surface area contributed by atoms with Crippen molar-refractivity contribution >= 4 is 33.4 Å². The maximum atomic E-state index is 13.4. The largest absolute Gasteiger partial charge is 0.348 e. The topological polar surface area (TPSA) is 58.2 Å². The van der Waals surface area contributed by atoms with Crippen molar-refractivity contribution in [2.75, 3.05) is 5.32 Å². The van der Waals surface area contributed by atoms with Crippen LogP contribution in [0.2, 0.25) is 0 Å². The summed E-state index contributed by atoms with van der Waals surface area (Å²) in [5.74, 6) is -1.12. The molecule has 0 saturated heterocycles. The van der Waals surface area contributed by atoms with Crippen LogP contribution in [-0.2, 0) is 6.54 Å². The number of carbonyl (C=O) groups excluding carboxylic acids is 2. The number of hydrogen-bond donors (Lipinski definition) is 2. The second kappa shape index (κ2) is 8.60. The summed E-state index contributed by atoms with van der Waals surface area (Å²) in [6.45, 7) is 0.222. The Hall–Kier alpha value is -2.99. The van der Waals surface area contributed by atoms with Gasteiger partial charge in [-0.2, -0.15) is 0 Å². The summed E-state index contributed by atoms with van der Waals surface area (Å²) in [5, 5.41) is 5.54. The van der Waals surface area contributed by atoms with E-state index >= 15 is 0 Å². The molecule has 27 heavy (non-hydrogen) atoms. The van der Waals surface area contributed by atoms with Crippen molar-refractivity contribution in [1.29, 1.82) is 0 Å². The molecular weight excluding hydrogens is 411 g/mol. The van der Waals surface area contributed by atoms with E-state index in [1.165, 1.54) is 12.1 Å². The van der Waals surface area contributed by atoms with Crippen LogP contribution in [0, 0.1) is 5.82 Å². The highest BCUT2D eigenvalue weighted by molar-refractivity contribution is 9.10. The summed E-state index contributed by atoms with van der Waals surface area (Å²) < 4.78 is 13.9. The molecule has 0 aliphatic rings. The van der Waals surface area contributed by atoms with Crippen molar-refractivity contribution in [3.8, 4) is 0 Å². The summed E-state index contributed by atoms with van der Waals surface area (Å²) in [4.78, 5) is 24.6. The zero-order valence-corrected chi connectivity index (χ0v) is 15.8. The number of amides is 2. The normalized spacial score (nSPS) is 10.3. The number of benzene rings is 3. The number of para-hydroxylation sites is 1. The highest BCUT2D eigenvalue weighted by Crippen LogP contribution is 2.15. The molecule has 2 amide bonds. The van der Waals surface area contributed by atoms with E-state index in [4.69, 9.17) is 0 Å². The van der Waals surface area contributed by atoms with Crippen LogP contribution in [0.5, 0.6) is 0 Å². The van der Waals surface area contributed by atoms with Gasteiger partial charge in [-0.3, -0.25) is 9.59 Å². The van der Waals surface area contributed by atoms with E-state index in [0.717, 1.165) is 5.56 Å². The number of anilines is 1. The first-order valence-electron chi connectivity index (χ1n) is 8.21. The lowest BCUT2D eigenvalue weighted by Gasteiger charge is -2.09. The highest BCUT2D eigenvalue weighted by Gasteiger charge is 2.10. The highest BCUT2D eigenvalue weighted by atomic mass is 79.9. The maximum Gasteiger partial charge on any atom is 0.255 e. The van der Waals surface area contributed by atoms with Gasteiger partial charge in [-0.15, -0.1) is 0 Å². The van der Waals surface area contributed by atoms with Crippen LogP contribution in [0.1, 0.15) is 26.3 Å². The fraction of sp³-hybridized carbons (Fsp3) is 0.0476. The summed E-state index contributed by atoms with van der Waals surface area (Å²) in [7, 11) is 0. The van der Waals surface area contributed by atoms with E-state index in [2.05, 4.69) is 26.6 Å². The number of nitrogens with one attached hydrogen (secondary N) is 2. The van der Waals surface area contributed by atoms with Crippen molar-refractivity contribution in [3.63, 3.8) is 0 Å². The molecule has 0 aromatic heterocycles. The molecule has 0 radical (unpaired) electrons. The second-order valence-corrected chi connectivity index (χ2v) is 6.78. The molecule has 3 aromatic carbocycles. The van der Waals surface area contributed by atoms with Crippen LogP contribution in [0.15, 0.2) is 77.3 Å². The van der Waals surface area contributed by atoms with Gasteiger partial charge in [0.2, 0.25) is 0 Å². The predicted octanol–water partition coefficient (Wildman–Crippen LogP) is 4.77. The number of hydrogen-bond acceptors (Lipinski definition) is 2. The molecule has 0 aliphatic heterocycles. The molecule has 0 unspecified atom stereocenters. The fourth-order valence-corrected chi connectivity index (χ4v) is 2.98. The van der Waals surface area contributed by atoms with Crippen LogP contribution in [0.25, 0.3) is 0 Å². The quantitative estimate of drug-likeness (QED) is 0.617. The molecule has 0 atom stereocenters. The smallest absolute Gasteiger partial charge is 0.255 e. The van der Waals surface area contributed by atoms with E-state index in [-0.39, 0.29) is 18.0 Å². The van der Waals surface area contributed by atoms with Crippen molar-refractivity contribution in [1.82, 2.24) is 5.32 Å². The monoisotopic (exact) mass is 426 g/mol. The SMILES string of the molecule is O=C(NCc1cccc(C(=O)Nc2ccccc2)c1)c1cc(F)cc(Br)c1. The Balaban J connectivity index is 1.65. The first-order chi connectivity index (χ1) is 13.0. The third kappa shape index (κ3) is 5.24. The molecule has 3 aromatic rings. The van der Waals surface area contributed by atoms with Gasteiger partial charge in [-0.05, 0) is 48.0 Å². The Kier molecular flexibility index (Phi) is 5.98. The van der Waals surface area contributed by atoms with Crippen molar-refractivity contribution in [2.24, 2.45) is 0 Å². The van der Waals surface area contributed by atoms with E-state index < -0.39 is 11.7 Å². The average Bonchev–Trinajstić information content (AvgIpc) is 2.66. The van der Waals surface area contributed by atoms with Gasteiger partial charge in [0.25, 0.3) is 11.8 Å². The van der Waals surface area contributed by atoms with Gasteiger partial charge in [-0.25, -0.2) is 4.39 Å². The van der Waals surface area contributed by atoms with Crippen LogP contribution >= 0.6 is 15.9 Å². The van der Waals surface area contributed by atoms with Gasteiger partial charge in [0.05, 0.1) is 0 Å². The molecule has 2 N–H and O–H groups in total. The molecule has 0 aliphatic carbocycles. The molecule has 0 fully saturated rings. The summed E-state index contributed by atoms with van der Waals surface area (Å²) in [6.07, 6.45) is 0. The lowest BCUT2D eigenvalue weighted by molar-refractivity contribution is 0.0950. The van der Waals surface area contributed by atoms with Crippen LogP contribution in [0.3, 0.4) is 0 Å². The number of carbonyl (C=O) groups is 2. The molecule has 0 spiro atoms. The van der Waals surface area contributed by atoms with Crippen molar-refractivity contribution in [2.45, 2.75) is 6.54 Å². The summed E-state index contributed by atoms with van der Waals surface area (Å²) in [6, 6.07) is 20.1. The zero-order chi connectivity index (χ0) is 19.2. The molecule has 0 heterocycles. The van der Waals surface area contributed by atoms with Gasteiger partial charge >= 0.3 is 0 Å². The third-order valence-corrected chi connectivity index (χ3v) is 4.26. The second-order valence-electron chi connectivity index (χ2n) is 5.86. The fourth-order valence-electron chi connectivity index (χ4n) is 2.52. The van der Waals surface area contributed by atoms with E-state index in [9.17, 15) is 14.0 Å². The van der Waals surface area contributed by atoms with Gasteiger partial charge in [0, 0.05) is 27.8 Å².